The Morgan fingerprint density at radius 2 is 2.09 bits per heavy atom. The molecule has 1 rings (SSSR count). The first-order chi connectivity index (χ1) is 10.7. The van der Waals surface area contributed by atoms with E-state index in [2.05, 4.69) is 35.3 Å². The second kappa shape index (κ2) is 11.4. The van der Waals surface area contributed by atoms with Gasteiger partial charge in [-0.15, -0.1) is 0 Å². The zero-order chi connectivity index (χ0) is 16.2. The van der Waals surface area contributed by atoms with Gasteiger partial charge in [-0.25, -0.2) is 0 Å². The van der Waals surface area contributed by atoms with Crippen LogP contribution < -0.4 is 10.1 Å². The number of nitrogens with one attached hydrogen (secondary N) is 1. The SMILES string of the molecule is CCN(CCO)Cc1ccc(CNCCCOC)c(OC)c1. The zero-order valence-electron chi connectivity index (χ0n) is 14.1. The summed E-state index contributed by atoms with van der Waals surface area (Å²) in [4.78, 5) is 2.21. The highest BCUT2D eigenvalue weighted by Gasteiger charge is 2.07. The standard InChI is InChI=1S/C17H30N2O3/c1-4-19(9-10-20)14-15-6-7-16(17(12-15)22-3)13-18-8-5-11-21-2/h6-7,12,18,20H,4-5,8-11,13-14H2,1-3H3. The van der Waals surface area contributed by atoms with Crippen LogP contribution in [0.5, 0.6) is 5.75 Å². The lowest BCUT2D eigenvalue weighted by Gasteiger charge is -2.20. The summed E-state index contributed by atoms with van der Waals surface area (Å²) in [7, 11) is 3.43. The molecule has 0 bridgehead atoms. The molecule has 0 amide bonds. The van der Waals surface area contributed by atoms with Crippen LogP contribution in [-0.4, -0.2) is 57.1 Å². The lowest BCUT2D eigenvalue weighted by atomic mass is 10.1. The van der Waals surface area contributed by atoms with Gasteiger partial charge >= 0.3 is 0 Å². The monoisotopic (exact) mass is 310 g/mol. The van der Waals surface area contributed by atoms with Crippen LogP contribution in [-0.2, 0) is 17.8 Å². The maximum absolute atomic E-state index is 9.07. The summed E-state index contributed by atoms with van der Waals surface area (Å²) in [5.74, 6) is 0.914. The summed E-state index contributed by atoms with van der Waals surface area (Å²) in [6.45, 7) is 7.24. The predicted octanol–water partition coefficient (Wildman–Crippen LogP) is 1.64. The van der Waals surface area contributed by atoms with Crippen molar-refractivity contribution in [3.8, 4) is 5.75 Å². The lowest BCUT2D eigenvalue weighted by Crippen LogP contribution is -2.26. The highest BCUT2D eigenvalue weighted by atomic mass is 16.5. The number of nitrogens with zero attached hydrogens (tertiary/aromatic N) is 1. The molecule has 0 radical (unpaired) electrons. The molecule has 0 atom stereocenters. The fourth-order valence-electron chi connectivity index (χ4n) is 2.35. The van der Waals surface area contributed by atoms with E-state index < -0.39 is 0 Å². The van der Waals surface area contributed by atoms with E-state index in [4.69, 9.17) is 14.6 Å². The van der Waals surface area contributed by atoms with E-state index >= 15 is 0 Å². The van der Waals surface area contributed by atoms with Gasteiger partial charge in [0.25, 0.3) is 0 Å². The predicted molar refractivity (Wildman–Crippen MR) is 89.2 cm³/mol. The van der Waals surface area contributed by atoms with Crippen molar-refractivity contribution in [2.75, 3.05) is 47.1 Å². The molecule has 5 heteroatoms. The van der Waals surface area contributed by atoms with Crippen molar-refractivity contribution in [2.45, 2.75) is 26.4 Å². The zero-order valence-corrected chi connectivity index (χ0v) is 14.1. The molecule has 2 N–H and O–H groups in total. The maximum atomic E-state index is 9.07. The van der Waals surface area contributed by atoms with Gasteiger partial charge in [0.05, 0.1) is 13.7 Å². The minimum atomic E-state index is 0.189. The van der Waals surface area contributed by atoms with E-state index in [-0.39, 0.29) is 6.61 Å². The Labute approximate surface area is 134 Å². The normalized spacial score (nSPS) is 11.1. The van der Waals surface area contributed by atoms with Crippen LogP contribution in [0.2, 0.25) is 0 Å². The number of hydrogen-bond donors (Lipinski definition) is 2. The fraction of sp³-hybridized carbons (Fsp3) is 0.647. The Balaban J connectivity index is 2.58. The molecule has 5 nitrogen and oxygen atoms in total. The quantitative estimate of drug-likeness (QED) is 0.575. The average Bonchev–Trinajstić information content (AvgIpc) is 2.55. The summed E-state index contributed by atoms with van der Waals surface area (Å²) in [5, 5.41) is 12.5. The molecule has 0 saturated heterocycles. The number of rotatable bonds is 12. The molecule has 0 heterocycles. The number of likely N-dealkylation sites (N-methyl/N-ethyl adjacent to an activating group) is 1. The minimum absolute atomic E-state index is 0.189. The molecular formula is C17H30N2O3. The summed E-state index contributed by atoms with van der Waals surface area (Å²) in [6, 6.07) is 6.34. The van der Waals surface area contributed by atoms with Crippen molar-refractivity contribution < 1.29 is 14.6 Å². The van der Waals surface area contributed by atoms with Crippen LogP contribution in [0.4, 0.5) is 0 Å². The number of aliphatic hydroxyl groups excluding tert-OH is 1. The van der Waals surface area contributed by atoms with Crippen LogP contribution >= 0.6 is 0 Å². The first kappa shape index (κ1) is 18.9. The van der Waals surface area contributed by atoms with Gasteiger partial charge in [0, 0.05) is 38.9 Å². The van der Waals surface area contributed by atoms with Crippen LogP contribution in [0.3, 0.4) is 0 Å². The fourth-order valence-corrected chi connectivity index (χ4v) is 2.35. The van der Waals surface area contributed by atoms with Gasteiger partial charge in [0.2, 0.25) is 0 Å². The van der Waals surface area contributed by atoms with Crippen LogP contribution in [0.15, 0.2) is 18.2 Å². The number of ether oxygens (including phenoxy) is 2. The Morgan fingerprint density at radius 3 is 2.73 bits per heavy atom. The number of methoxy groups -OCH3 is 2. The molecule has 0 unspecified atom stereocenters. The van der Waals surface area contributed by atoms with E-state index in [1.54, 1.807) is 14.2 Å². The largest absolute Gasteiger partial charge is 0.496 e. The van der Waals surface area contributed by atoms with Gasteiger partial charge in [0.1, 0.15) is 5.75 Å². The third-order valence-corrected chi connectivity index (χ3v) is 3.64. The van der Waals surface area contributed by atoms with Crippen LogP contribution in [0, 0.1) is 0 Å². The van der Waals surface area contributed by atoms with E-state index in [0.29, 0.717) is 6.54 Å². The summed E-state index contributed by atoms with van der Waals surface area (Å²) < 4.78 is 10.5. The topological polar surface area (TPSA) is 54.0 Å². The van der Waals surface area contributed by atoms with Gasteiger partial charge in [-0.05, 0) is 31.1 Å². The van der Waals surface area contributed by atoms with Crippen molar-refractivity contribution >= 4 is 0 Å². The third kappa shape index (κ3) is 6.75. The van der Waals surface area contributed by atoms with E-state index in [1.807, 2.05) is 0 Å². The Kier molecular flexibility index (Phi) is 9.82. The molecule has 0 saturated carbocycles. The first-order valence-corrected chi connectivity index (χ1v) is 7.93. The Hall–Kier alpha value is -1.14. The Morgan fingerprint density at radius 1 is 1.27 bits per heavy atom. The maximum Gasteiger partial charge on any atom is 0.123 e. The van der Waals surface area contributed by atoms with Crippen molar-refractivity contribution in [3.63, 3.8) is 0 Å². The first-order valence-electron chi connectivity index (χ1n) is 7.93. The Bertz CT molecular complexity index is 413. The van der Waals surface area contributed by atoms with Gasteiger partial charge in [-0.1, -0.05) is 19.1 Å². The molecule has 0 aliphatic heterocycles. The van der Waals surface area contributed by atoms with Gasteiger partial charge < -0.3 is 19.9 Å². The summed E-state index contributed by atoms with van der Waals surface area (Å²) >= 11 is 0. The van der Waals surface area contributed by atoms with E-state index in [1.165, 1.54) is 5.56 Å². The third-order valence-electron chi connectivity index (χ3n) is 3.64. The van der Waals surface area contributed by atoms with Gasteiger partial charge in [-0.3, -0.25) is 4.90 Å². The molecule has 22 heavy (non-hydrogen) atoms. The van der Waals surface area contributed by atoms with E-state index in [0.717, 1.165) is 50.5 Å². The summed E-state index contributed by atoms with van der Waals surface area (Å²) in [6.07, 6.45) is 1.00. The van der Waals surface area contributed by atoms with Crippen LogP contribution in [0.25, 0.3) is 0 Å². The molecule has 1 aromatic carbocycles. The van der Waals surface area contributed by atoms with E-state index in [9.17, 15) is 0 Å². The molecule has 0 aromatic heterocycles. The van der Waals surface area contributed by atoms with Crippen LogP contribution in [0.1, 0.15) is 24.5 Å². The molecule has 0 aliphatic carbocycles. The summed E-state index contributed by atoms with van der Waals surface area (Å²) in [5.41, 5.74) is 2.36. The number of benzene rings is 1. The molecule has 1 aromatic rings. The second-order valence-corrected chi connectivity index (χ2v) is 5.26. The van der Waals surface area contributed by atoms with Crippen molar-refractivity contribution in [1.29, 1.82) is 0 Å². The molecule has 126 valence electrons. The highest BCUT2D eigenvalue weighted by Crippen LogP contribution is 2.21. The number of aliphatic hydroxyl groups is 1. The second-order valence-electron chi connectivity index (χ2n) is 5.26. The molecule has 0 fully saturated rings. The highest BCUT2D eigenvalue weighted by molar-refractivity contribution is 5.37. The lowest BCUT2D eigenvalue weighted by molar-refractivity contribution is 0.194. The van der Waals surface area contributed by atoms with Crippen molar-refractivity contribution in [2.24, 2.45) is 0 Å². The number of hydrogen-bond acceptors (Lipinski definition) is 5. The van der Waals surface area contributed by atoms with Gasteiger partial charge in [-0.2, -0.15) is 0 Å². The molecular weight excluding hydrogens is 280 g/mol. The minimum Gasteiger partial charge on any atom is -0.496 e. The average molecular weight is 310 g/mol. The van der Waals surface area contributed by atoms with Crippen molar-refractivity contribution in [3.05, 3.63) is 29.3 Å². The van der Waals surface area contributed by atoms with Gasteiger partial charge in [0.15, 0.2) is 0 Å². The smallest absolute Gasteiger partial charge is 0.123 e. The molecule has 0 aliphatic rings. The molecule has 0 spiro atoms. The van der Waals surface area contributed by atoms with Crippen molar-refractivity contribution in [1.82, 2.24) is 10.2 Å².